The number of pyridine rings is 1. The van der Waals surface area contributed by atoms with Crippen LogP contribution in [0.5, 0.6) is 0 Å². The topological polar surface area (TPSA) is 38.9 Å². The Labute approximate surface area is 98.0 Å². The van der Waals surface area contributed by atoms with Crippen molar-refractivity contribution in [2.75, 3.05) is 5.73 Å². The smallest absolute Gasteiger partial charge is 0.398 e. The summed E-state index contributed by atoms with van der Waals surface area (Å²) in [6.07, 6.45) is -4.64. The number of nitrogens with two attached hydrogens (primary N) is 1. The van der Waals surface area contributed by atoms with Gasteiger partial charge in [0.25, 0.3) is 0 Å². The van der Waals surface area contributed by atoms with Crippen LogP contribution in [0.3, 0.4) is 0 Å². The van der Waals surface area contributed by atoms with Crippen LogP contribution in [0.2, 0.25) is 5.02 Å². The van der Waals surface area contributed by atoms with Crippen molar-refractivity contribution in [3.05, 3.63) is 34.7 Å². The summed E-state index contributed by atoms with van der Waals surface area (Å²) in [5, 5.41) is 0.0415. The molecule has 0 radical (unpaired) electrons. The van der Waals surface area contributed by atoms with Crippen molar-refractivity contribution in [3.63, 3.8) is 0 Å². The van der Waals surface area contributed by atoms with Crippen molar-refractivity contribution >= 4 is 28.2 Å². The van der Waals surface area contributed by atoms with Crippen molar-refractivity contribution < 1.29 is 17.6 Å². The SMILES string of the molecule is Nc1cc(C(F)(F)F)nc2cc(F)cc(Cl)c12. The van der Waals surface area contributed by atoms with Crippen LogP contribution >= 0.6 is 11.6 Å². The summed E-state index contributed by atoms with van der Waals surface area (Å²) in [5.74, 6) is -0.770. The Morgan fingerprint density at radius 1 is 1.18 bits per heavy atom. The number of hydrogen-bond acceptors (Lipinski definition) is 2. The molecule has 0 saturated heterocycles. The Morgan fingerprint density at radius 2 is 1.82 bits per heavy atom. The summed E-state index contributed by atoms with van der Waals surface area (Å²) in [6.45, 7) is 0. The molecular weight excluding hydrogens is 260 g/mol. The van der Waals surface area contributed by atoms with Gasteiger partial charge in [0.05, 0.1) is 10.5 Å². The number of alkyl halides is 3. The lowest BCUT2D eigenvalue weighted by Crippen LogP contribution is -2.09. The Hall–Kier alpha value is -1.56. The van der Waals surface area contributed by atoms with Gasteiger partial charge in [-0.15, -0.1) is 0 Å². The number of benzene rings is 1. The summed E-state index contributed by atoms with van der Waals surface area (Å²) in [5.41, 5.74) is 3.87. The Balaban J connectivity index is 2.82. The van der Waals surface area contributed by atoms with Crippen molar-refractivity contribution in [2.24, 2.45) is 0 Å². The molecule has 1 heterocycles. The lowest BCUT2D eigenvalue weighted by atomic mass is 10.1. The first kappa shape index (κ1) is 11.9. The first-order valence-electron chi connectivity index (χ1n) is 4.41. The molecular formula is C10H5ClF4N2. The maximum Gasteiger partial charge on any atom is 0.433 e. The van der Waals surface area contributed by atoms with Crippen LogP contribution in [0, 0.1) is 5.82 Å². The summed E-state index contributed by atoms with van der Waals surface area (Å²) in [7, 11) is 0. The minimum absolute atomic E-state index is 0.0706. The zero-order valence-corrected chi connectivity index (χ0v) is 8.90. The van der Waals surface area contributed by atoms with E-state index in [1.807, 2.05) is 0 Å². The van der Waals surface area contributed by atoms with Gasteiger partial charge >= 0.3 is 6.18 Å². The lowest BCUT2D eigenvalue weighted by Gasteiger charge is -2.10. The van der Waals surface area contributed by atoms with Gasteiger partial charge in [0.15, 0.2) is 0 Å². The van der Waals surface area contributed by atoms with Gasteiger partial charge in [-0.25, -0.2) is 9.37 Å². The van der Waals surface area contributed by atoms with Gasteiger partial charge in [-0.3, -0.25) is 0 Å². The van der Waals surface area contributed by atoms with E-state index >= 15 is 0 Å². The van der Waals surface area contributed by atoms with Crippen LogP contribution in [-0.2, 0) is 6.18 Å². The van der Waals surface area contributed by atoms with Gasteiger partial charge in [0, 0.05) is 17.1 Å². The quantitative estimate of drug-likeness (QED) is 0.738. The molecule has 0 fully saturated rings. The number of hydrogen-bond donors (Lipinski definition) is 1. The lowest BCUT2D eigenvalue weighted by molar-refractivity contribution is -0.140. The highest BCUT2D eigenvalue weighted by molar-refractivity contribution is 6.36. The summed E-state index contributed by atoms with van der Waals surface area (Å²) >= 11 is 5.69. The molecule has 17 heavy (non-hydrogen) atoms. The number of nitrogen functional groups attached to an aromatic ring is 1. The normalized spacial score (nSPS) is 12.1. The molecule has 1 aromatic carbocycles. The molecule has 0 unspecified atom stereocenters. The second-order valence-corrected chi connectivity index (χ2v) is 3.78. The average Bonchev–Trinajstić information content (AvgIpc) is 2.13. The third kappa shape index (κ3) is 2.12. The van der Waals surface area contributed by atoms with E-state index in [0.717, 1.165) is 12.1 Å². The minimum atomic E-state index is -4.64. The van der Waals surface area contributed by atoms with E-state index in [4.69, 9.17) is 17.3 Å². The first-order valence-corrected chi connectivity index (χ1v) is 4.79. The molecule has 0 bridgehead atoms. The van der Waals surface area contributed by atoms with Gasteiger partial charge in [0.2, 0.25) is 0 Å². The van der Waals surface area contributed by atoms with Gasteiger partial charge in [-0.05, 0) is 12.1 Å². The number of anilines is 1. The van der Waals surface area contributed by atoms with Crippen molar-refractivity contribution in [1.82, 2.24) is 4.98 Å². The van der Waals surface area contributed by atoms with E-state index < -0.39 is 17.7 Å². The van der Waals surface area contributed by atoms with Crippen LogP contribution in [0.15, 0.2) is 18.2 Å². The van der Waals surface area contributed by atoms with Crippen molar-refractivity contribution in [3.8, 4) is 0 Å². The predicted octanol–water partition coefficient (Wildman–Crippen LogP) is 3.63. The largest absolute Gasteiger partial charge is 0.433 e. The van der Waals surface area contributed by atoms with E-state index in [0.29, 0.717) is 6.07 Å². The second kappa shape index (κ2) is 3.73. The fourth-order valence-electron chi connectivity index (χ4n) is 1.46. The number of halogens is 5. The summed E-state index contributed by atoms with van der Waals surface area (Å²) in [6, 6.07) is 2.49. The molecule has 1 aromatic heterocycles. The third-order valence-corrected chi connectivity index (χ3v) is 2.44. The van der Waals surface area contributed by atoms with Crippen LogP contribution in [0.1, 0.15) is 5.69 Å². The molecule has 0 saturated carbocycles. The molecule has 2 rings (SSSR count). The standard InChI is InChI=1S/C10H5ClF4N2/c11-5-1-4(12)2-7-9(5)6(16)3-8(17-7)10(13,14)15/h1-3H,(H2,16,17). The number of nitrogens with zero attached hydrogens (tertiary/aromatic N) is 1. The highest BCUT2D eigenvalue weighted by Crippen LogP contribution is 2.34. The zero-order valence-electron chi connectivity index (χ0n) is 8.15. The van der Waals surface area contributed by atoms with E-state index in [2.05, 4.69) is 4.98 Å². The maximum atomic E-state index is 13.0. The molecule has 2 aromatic rings. The fourth-order valence-corrected chi connectivity index (χ4v) is 1.77. The van der Waals surface area contributed by atoms with E-state index in [-0.39, 0.29) is 21.6 Å². The molecule has 0 spiro atoms. The second-order valence-electron chi connectivity index (χ2n) is 3.38. The van der Waals surface area contributed by atoms with Crippen LogP contribution in [0.4, 0.5) is 23.2 Å². The summed E-state index contributed by atoms with van der Waals surface area (Å²) in [4.78, 5) is 3.30. The Bertz CT molecular complexity index is 595. The van der Waals surface area contributed by atoms with Gasteiger partial charge in [0.1, 0.15) is 11.5 Å². The first-order chi connectivity index (χ1) is 7.79. The Morgan fingerprint density at radius 3 is 2.41 bits per heavy atom. The van der Waals surface area contributed by atoms with Crippen LogP contribution < -0.4 is 5.73 Å². The number of rotatable bonds is 0. The molecule has 2 nitrogen and oxygen atoms in total. The number of aromatic nitrogens is 1. The molecule has 0 aliphatic heterocycles. The molecule has 0 aliphatic rings. The molecule has 0 atom stereocenters. The highest BCUT2D eigenvalue weighted by Gasteiger charge is 2.33. The number of fused-ring (bicyclic) bond motifs is 1. The van der Waals surface area contributed by atoms with E-state index in [1.54, 1.807) is 0 Å². The monoisotopic (exact) mass is 264 g/mol. The average molecular weight is 265 g/mol. The molecule has 7 heteroatoms. The maximum absolute atomic E-state index is 13.0. The zero-order chi connectivity index (χ0) is 12.8. The molecule has 0 aliphatic carbocycles. The fraction of sp³-hybridized carbons (Fsp3) is 0.100. The van der Waals surface area contributed by atoms with Crippen LogP contribution in [-0.4, -0.2) is 4.98 Å². The van der Waals surface area contributed by atoms with E-state index in [1.165, 1.54) is 0 Å². The molecule has 2 N–H and O–H groups in total. The molecule has 0 amide bonds. The Kier molecular flexibility index (Phi) is 2.61. The summed E-state index contributed by atoms with van der Waals surface area (Å²) < 4.78 is 50.4. The van der Waals surface area contributed by atoms with Crippen molar-refractivity contribution in [1.29, 1.82) is 0 Å². The van der Waals surface area contributed by atoms with Gasteiger partial charge in [-0.2, -0.15) is 13.2 Å². The third-order valence-electron chi connectivity index (χ3n) is 2.15. The van der Waals surface area contributed by atoms with Gasteiger partial charge in [-0.1, -0.05) is 11.6 Å². The minimum Gasteiger partial charge on any atom is -0.398 e. The molecule has 90 valence electrons. The highest BCUT2D eigenvalue weighted by atomic mass is 35.5. The van der Waals surface area contributed by atoms with Crippen LogP contribution in [0.25, 0.3) is 10.9 Å². The predicted molar refractivity (Wildman–Crippen MR) is 56.1 cm³/mol. The van der Waals surface area contributed by atoms with E-state index in [9.17, 15) is 17.6 Å². The van der Waals surface area contributed by atoms with Crippen molar-refractivity contribution in [2.45, 2.75) is 6.18 Å². The van der Waals surface area contributed by atoms with Gasteiger partial charge < -0.3 is 5.73 Å².